The number of aromatic nitrogens is 1. The molecule has 0 saturated carbocycles. The SMILES string of the molecule is CCN(CC)CCNC(=NC)NCCc1nc(C(F)(F)F)cs1. The number of nitrogens with zero attached hydrogens (tertiary/aromatic N) is 3. The fourth-order valence-corrected chi connectivity index (χ4v) is 2.74. The van der Waals surface area contributed by atoms with E-state index < -0.39 is 11.9 Å². The van der Waals surface area contributed by atoms with Crippen molar-refractivity contribution in [3.63, 3.8) is 0 Å². The van der Waals surface area contributed by atoms with Gasteiger partial charge in [0.25, 0.3) is 0 Å². The average Bonchev–Trinajstić information content (AvgIpc) is 2.99. The Hall–Kier alpha value is -1.35. The summed E-state index contributed by atoms with van der Waals surface area (Å²) >= 11 is 1.03. The highest BCUT2D eigenvalue weighted by Gasteiger charge is 2.33. The second kappa shape index (κ2) is 9.71. The van der Waals surface area contributed by atoms with Crippen LogP contribution in [0.3, 0.4) is 0 Å². The zero-order valence-electron chi connectivity index (χ0n) is 13.7. The average molecular weight is 351 g/mol. The van der Waals surface area contributed by atoms with Gasteiger partial charge in [-0.1, -0.05) is 13.8 Å². The van der Waals surface area contributed by atoms with Crippen molar-refractivity contribution in [2.45, 2.75) is 26.4 Å². The van der Waals surface area contributed by atoms with E-state index in [1.54, 1.807) is 7.05 Å². The number of rotatable bonds is 8. The zero-order valence-corrected chi connectivity index (χ0v) is 14.5. The van der Waals surface area contributed by atoms with Crippen molar-refractivity contribution in [1.29, 1.82) is 0 Å². The lowest BCUT2D eigenvalue weighted by atomic mass is 10.4. The van der Waals surface area contributed by atoms with Gasteiger partial charge in [0.05, 0.1) is 5.01 Å². The van der Waals surface area contributed by atoms with Crippen LogP contribution >= 0.6 is 11.3 Å². The van der Waals surface area contributed by atoms with Crippen LogP contribution in [-0.2, 0) is 12.6 Å². The summed E-state index contributed by atoms with van der Waals surface area (Å²) in [6.45, 7) is 8.37. The summed E-state index contributed by atoms with van der Waals surface area (Å²) in [5.74, 6) is 0.643. The summed E-state index contributed by atoms with van der Waals surface area (Å²) < 4.78 is 37.4. The van der Waals surface area contributed by atoms with Gasteiger partial charge in [0.1, 0.15) is 0 Å². The van der Waals surface area contributed by atoms with E-state index in [-0.39, 0.29) is 0 Å². The molecule has 1 aromatic rings. The summed E-state index contributed by atoms with van der Waals surface area (Å²) in [7, 11) is 1.66. The molecule has 0 radical (unpaired) electrons. The molecule has 1 aromatic heterocycles. The Labute approximate surface area is 139 Å². The third kappa shape index (κ3) is 7.17. The van der Waals surface area contributed by atoms with E-state index in [9.17, 15) is 13.2 Å². The predicted molar refractivity (Wildman–Crippen MR) is 88.0 cm³/mol. The molecule has 5 nitrogen and oxygen atoms in total. The van der Waals surface area contributed by atoms with Crippen LogP contribution in [0.5, 0.6) is 0 Å². The first kappa shape index (κ1) is 19.7. The molecule has 1 rings (SSSR count). The predicted octanol–water partition coefficient (Wildman–Crippen LogP) is 2.21. The molecule has 2 N–H and O–H groups in total. The van der Waals surface area contributed by atoms with E-state index in [4.69, 9.17) is 0 Å². The van der Waals surface area contributed by atoms with Gasteiger partial charge in [0.15, 0.2) is 11.7 Å². The molecule has 0 aliphatic heterocycles. The molecule has 0 bridgehead atoms. The number of likely N-dealkylation sites (N-methyl/N-ethyl adjacent to an activating group) is 1. The zero-order chi connectivity index (χ0) is 17.3. The highest BCUT2D eigenvalue weighted by Crippen LogP contribution is 2.29. The van der Waals surface area contributed by atoms with E-state index in [1.807, 2.05) is 0 Å². The normalized spacial score (nSPS) is 12.7. The first-order chi connectivity index (χ1) is 10.9. The number of alkyl halides is 3. The molecule has 0 spiro atoms. The summed E-state index contributed by atoms with van der Waals surface area (Å²) in [5.41, 5.74) is -0.820. The van der Waals surface area contributed by atoms with Crippen LogP contribution in [-0.4, -0.2) is 55.6 Å². The number of guanidine groups is 1. The number of thiazole rings is 1. The van der Waals surface area contributed by atoms with Gasteiger partial charge in [0, 0.05) is 38.5 Å². The van der Waals surface area contributed by atoms with Crippen molar-refractivity contribution in [1.82, 2.24) is 20.5 Å². The third-order valence-corrected chi connectivity index (χ3v) is 4.22. The summed E-state index contributed by atoms with van der Waals surface area (Å²) in [6.07, 6.45) is -3.94. The van der Waals surface area contributed by atoms with Gasteiger partial charge in [-0.05, 0) is 13.1 Å². The smallest absolute Gasteiger partial charge is 0.356 e. The lowest BCUT2D eigenvalue weighted by Crippen LogP contribution is -2.42. The van der Waals surface area contributed by atoms with Gasteiger partial charge in [-0.25, -0.2) is 4.98 Å². The Morgan fingerprint density at radius 1 is 1.26 bits per heavy atom. The van der Waals surface area contributed by atoms with Crippen LogP contribution in [0.25, 0.3) is 0 Å². The van der Waals surface area contributed by atoms with Crippen molar-refractivity contribution in [2.24, 2.45) is 4.99 Å². The van der Waals surface area contributed by atoms with Crippen LogP contribution in [0.1, 0.15) is 24.5 Å². The van der Waals surface area contributed by atoms with Crippen LogP contribution < -0.4 is 10.6 Å². The lowest BCUT2D eigenvalue weighted by molar-refractivity contribution is -0.140. The van der Waals surface area contributed by atoms with Crippen LogP contribution in [0, 0.1) is 0 Å². The number of nitrogens with one attached hydrogen (secondary N) is 2. The fraction of sp³-hybridized carbons (Fsp3) is 0.714. The molecule has 0 fully saturated rings. The molecule has 0 aliphatic rings. The van der Waals surface area contributed by atoms with Gasteiger partial charge in [-0.2, -0.15) is 13.2 Å². The molecular weight excluding hydrogens is 327 g/mol. The first-order valence-electron chi connectivity index (χ1n) is 7.59. The molecule has 0 saturated heterocycles. The summed E-state index contributed by atoms with van der Waals surface area (Å²) in [6, 6.07) is 0. The number of aliphatic imine (C=N–C) groups is 1. The molecule has 0 amide bonds. The topological polar surface area (TPSA) is 52.5 Å². The second-order valence-electron chi connectivity index (χ2n) is 4.83. The Bertz CT molecular complexity index is 483. The van der Waals surface area contributed by atoms with Crippen LogP contribution in [0.4, 0.5) is 13.2 Å². The van der Waals surface area contributed by atoms with Crippen molar-refractivity contribution in [3.8, 4) is 0 Å². The Kier molecular flexibility index (Phi) is 8.32. The maximum atomic E-state index is 12.5. The van der Waals surface area contributed by atoms with Crippen molar-refractivity contribution >= 4 is 17.3 Å². The van der Waals surface area contributed by atoms with Gasteiger partial charge < -0.3 is 15.5 Å². The van der Waals surface area contributed by atoms with Gasteiger partial charge in [0.2, 0.25) is 0 Å². The molecule has 0 atom stereocenters. The molecule has 23 heavy (non-hydrogen) atoms. The highest BCUT2D eigenvalue weighted by molar-refractivity contribution is 7.09. The highest BCUT2D eigenvalue weighted by atomic mass is 32.1. The first-order valence-corrected chi connectivity index (χ1v) is 8.47. The molecule has 1 heterocycles. The minimum absolute atomic E-state index is 0.428. The Balaban J connectivity index is 2.31. The maximum absolute atomic E-state index is 12.5. The molecule has 0 unspecified atom stereocenters. The van der Waals surface area contributed by atoms with E-state index in [1.165, 1.54) is 0 Å². The number of halogens is 3. The van der Waals surface area contributed by atoms with Gasteiger partial charge in [-0.15, -0.1) is 11.3 Å². The molecule has 0 aliphatic carbocycles. The maximum Gasteiger partial charge on any atom is 0.434 e. The second-order valence-corrected chi connectivity index (χ2v) is 5.77. The number of hydrogen-bond acceptors (Lipinski definition) is 4. The van der Waals surface area contributed by atoms with Gasteiger partial charge in [-0.3, -0.25) is 4.99 Å². The van der Waals surface area contributed by atoms with E-state index in [0.717, 1.165) is 42.9 Å². The van der Waals surface area contributed by atoms with E-state index in [0.29, 0.717) is 23.9 Å². The van der Waals surface area contributed by atoms with E-state index in [2.05, 4.69) is 39.4 Å². The third-order valence-electron chi connectivity index (χ3n) is 3.31. The van der Waals surface area contributed by atoms with Gasteiger partial charge >= 0.3 is 6.18 Å². The summed E-state index contributed by atoms with van der Waals surface area (Å²) in [5, 5.41) is 7.78. The monoisotopic (exact) mass is 351 g/mol. The largest absolute Gasteiger partial charge is 0.434 e. The van der Waals surface area contributed by atoms with Crippen molar-refractivity contribution < 1.29 is 13.2 Å². The van der Waals surface area contributed by atoms with Crippen molar-refractivity contribution in [3.05, 3.63) is 16.1 Å². The molecule has 0 aromatic carbocycles. The molecular formula is C14H24F3N5S. The molecule has 132 valence electrons. The Morgan fingerprint density at radius 2 is 1.91 bits per heavy atom. The lowest BCUT2D eigenvalue weighted by Gasteiger charge is -2.19. The minimum Gasteiger partial charge on any atom is -0.356 e. The van der Waals surface area contributed by atoms with E-state index >= 15 is 0 Å². The summed E-state index contributed by atoms with van der Waals surface area (Å²) in [4.78, 5) is 9.98. The minimum atomic E-state index is -4.37. The fourth-order valence-electron chi connectivity index (χ4n) is 1.94. The quantitative estimate of drug-likeness (QED) is 0.557. The number of hydrogen-bond donors (Lipinski definition) is 2. The Morgan fingerprint density at radius 3 is 2.43 bits per heavy atom. The molecule has 9 heteroatoms. The van der Waals surface area contributed by atoms with Crippen LogP contribution in [0.2, 0.25) is 0 Å². The standard InChI is InChI=1S/C14H24F3N5S/c1-4-22(5-2)9-8-20-13(18-3)19-7-6-12-21-11(10-23-12)14(15,16)17/h10H,4-9H2,1-3H3,(H2,18,19,20). The van der Waals surface area contributed by atoms with Crippen LogP contribution in [0.15, 0.2) is 10.4 Å². The van der Waals surface area contributed by atoms with Crippen molar-refractivity contribution in [2.75, 3.05) is 39.8 Å².